The number of ether oxygens (including phenoxy) is 2. The normalized spacial score (nSPS) is 32.4. The van der Waals surface area contributed by atoms with E-state index in [0.29, 0.717) is 0 Å². The van der Waals surface area contributed by atoms with Crippen LogP contribution in [0.5, 0.6) is 11.5 Å². The molecule has 2 aliphatic heterocycles. The van der Waals surface area contributed by atoms with Crippen LogP contribution >= 0.6 is 11.8 Å². The fourth-order valence-electron chi connectivity index (χ4n) is 6.70. The zero-order valence-electron chi connectivity index (χ0n) is 31.0. The minimum atomic E-state index is -1.67. The summed E-state index contributed by atoms with van der Waals surface area (Å²) < 4.78 is 10.4. The first kappa shape index (κ1) is 42.3. The third-order valence-corrected chi connectivity index (χ3v) is 10.9. The van der Waals surface area contributed by atoms with Crippen LogP contribution in [0.4, 0.5) is 0 Å². The molecule has 1 amide bonds. The van der Waals surface area contributed by atoms with Gasteiger partial charge >= 0.3 is 5.97 Å². The Morgan fingerprint density at radius 2 is 1.33 bits per heavy atom. The van der Waals surface area contributed by atoms with Crippen molar-refractivity contribution < 1.29 is 59.0 Å². The third kappa shape index (κ3) is 7.96. The molecule has 284 valence electrons. The Bertz CT molecular complexity index is 1760. The number of hydrogen-bond acceptors (Lipinski definition) is 13. The topological polar surface area (TPSA) is 217 Å². The highest BCUT2D eigenvalue weighted by atomic mass is 32.2. The van der Waals surface area contributed by atoms with Gasteiger partial charge in [-0.15, -0.1) is 11.8 Å². The molecule has 9 atom stereocenters. The number of phenolic OH excluding ortho intramolecular Hbond substituents is 1. The number of carbonyl (C=O) groups excluding carboxylic acids is 5. The number of Topliss-reactive ketones (excluding diaryl/α,β-unsaturated/α-hetero) is 3. The molecule has 0 aromatic heterocycles. The van der Waals surface area contributed by atoms with Crippen LogP contribution in [0.1, 0.15) is 78.2 Å². The molecule has 52 heavy (non-hydrogen) atoms. The van der Waals surface area contributed by atoms with Crippen LogP contribution in [0.2, 0.25) is 0 Å². The van der Waals surface area contributed by atoms with Gasteiger partial charge in [-0.3, -0.25) is 24.0 Å². The quantitative estimate of drug-likeness (QED) is 0.246. The molecule has 0 fully saturated rings. The van der Waals surface area contributed by atoms with E-state index in [2.05, 4.69) is 5.32 Å². The molecule has 1 aliphatic carbocycles. The largest absolute Gasteiger partial charge is 0.507 e. The van der Waals surface area contributed by atoms with Crippen molar-refractivity contribution in [1.82, 2.24) is 5.32 Å². The Labute approximate surface area is 307 Å². The molecule has 0 spiro atoms. The lowest BCUT2D eigenvalue weighted by atomic mass is 9.76. The number of allylic oxidation sites excluding steroid dienone is 5. The summed E-state index contributed by atoms with van der Waals surface area (Å²) in [7, 11) is 2.32. The molecule has 13 nitrogen and oxygen atoms in total. The van der Waals surface area contributed by atoms with Crippen molar-refractivity contribution >= 4 is 41.0 Å². The van der Waals surface area contributed by atoms with Gasteiger partial charge in [0.2, 0.25) is 11.6 Å². The summed E-state index contributed by atoms with van der Waals surface area (Å²) in [5.74, 6) is -10.1. The molecule has 0 unspecified atom stereocenters. The van der Waals surface area contributed by atoms with E-state index in [1.54, 1.807) is 19.9 Å². The Morgan fingerprint density at radius 1 is 0.769 bits per heavy atom. The first-order valence-corrected chi connectivity index (χ1v) is 18.0. The molecule has 4 bridgehead atoms. The van der Waals surface area contributed by atoms with E-state index < -0.39 is 100 Å². The molecule has 0 radical (unpaired) electrons. The van der Waals surface area contributed by atoms with Gasteiger partial charge in [0.05, 0.1) is 60.2 Å². The van der Waals surface area contributed by atoms with Crippen LogP contribution in [0, 0.1) is 36.5 Å². The number of benzene rings is 1. The van der Waals surface area contributed by atoms with Crippen LogP contribution in [0.15, 0.2) is 46.1 Å². The number of ketones is 3. The second-order valence-electron chi connectivity index (χ2n) is 13.5. The first-order valence-electron chi connectivity index (χ1n) is 16.8. The average Bonchev–Trinajstić information content (AvgIpc) is 3.11. The molecule has 2 heterocycles. The minimum absolute atomic E-state index is 0.00802. The summed E-state index contributed by atoms with van der Waals surface area (Å²) in [6, 6.07) is 0. The Balaban J connectivity index is 2.34. The van der Waals surface area contributed by atoms with E-state index >= 15 is 0 Å². The zero-order valence-corrected chi connectivity index (χ0v) is 31.8. The van der Waals surface area contributed by atoms with Crippen LogP contribution in [-0.2, 0) is 14.3 Å². The number of amides is 1. The van der Waals surface area contributed by atoms with Crippen LogP contribution < -0.4 is 10.1 Å². The predicted octanol–water partition coefficient (Wildman–Crippen LogP) is 3.20. The number of aliphatic hydroxyl groups excluding tert-OH is 4. The zero-order chi connectivity index (χ0) is 39.5. The van der Waals surface area contributed by atoms with Crippen molar-refractivity contribution in [3.8, 4) is 11.5 Å². The summed E-state index contributed by atoms with van der Waals surface area (Å²) in [6.45, 7) is 10.4. The fourth-order valence-corrected chi connectivity index (χ4v) is 7.33. The summed E-state index contributed by atoms with van der Waals surface area (Å²) in [5, 5.41) is 59.0. The predicted molar refractivity (Wildman–Crippen MR) is 194 cm³/mol. The van der Waals surface area contributed by atoms with E-state index in [1.165, 1.54) is 66.2 Å². The van der Waals surface area contributed by atoms with Crippen LogP contribution in [-0.4, -0.2) is 99.7 Å². The van der Waals surface area contributed by atoms with Gasteiger partial charge < -0.3 is 40.3 Å². The van der Waals surface area contributed by atoms with Crippen molar-refractivity contribution in [2.45, 2.75) is 72.9 Å². The van der Waals surface area contributed by atoms with Gasteiger partial charge in [-0.1, -0.05) is 52.0 Å². The minimum Gasteiger partial charge on any atom is -0.507 e. The number of methoxy groups -OCH3 is 2. The van der Waals surface area contributed by atoms with E-state index in [4.69, 9.17) is 9.47 Å². The van der Waals surface area contributed by atoms with Crippen molar-refractivity contribution in [1.29, 1.82) is 0 Å². The van der Waals surface area contributed by atoms with Crippen LogP contribution in [0.3, 0.4) is 0 Å². The lowest BCUT2D eigenvalue weighted by molar-refractivity contribution is -0.164. The molecule has 4 rings (SSSR count). The standard InChI is InChI=1S/C38H49NO12S/c1-15-12-11-13-16(2)37(48)39-26-33(46)23-22(34(47)36(26)52-10)24(35(50-8)21(7)32(23)45)29(42)18(4)14-17(3)28(41)20(6)31(44)25(38(49)51-9)30(43)19(5)27(15)40/h11-15,17,19-20,25,27-28,30-31,40-41,43-45H,1-10H3,(H,39,48)/b12-11-,16-13-,18-14-/t15-,17+,19-,20-,25-,27-,28+,30-,31-/m1/s1. The van der Waals surface area contributed by atoms with E-state index in [9.17, 15) is 49.5 Å². The SMILES string of the molecule is COC(=O)[C@H]1[C@H](O)[C@H](C)[C@@H](O)[C@@H](C)/C=C(/C)C(=O)c2c(OC)c(C)c(O)c3c2C(=O)C(SC)=C(NC(=O)/C(C)=C\C=C/[C@@H](C)[C@@H](O)[C@@H](C)[C@H]1O)C3=O. The second kappa shape index (κ2) is 17.2. The highest BCUT2D eigenvalue weighted by molar-refractivity contribution is 8.03. The Hall–Kier alpha value is -4.08. The smallest absolute Gasteiger partial charge is 0.313 e. The summed E-state index contributed by atoms with van der Waals surface area (Å²) >= 11 is 0.868. The van der Waals surface area contributed by atoms with E-state index in [-0.39, 0.29) is 38.6 Å². The third-order valence-electron chi connectivity index (χ3n) is 10.1. The summed E-state index contributed by atoms with van der Waals surface area (Å²) in [4.78, 5) is 68.5. The van der Waals surface area contributed by atoms with Gasteiger partial charge in [0.25, 0.3) is 5.91 Å². The maximum absolute atomic E-state index is 14.2. The number of carbonyl (C=O) groups is 5. The highest BCUT2D eigenvalue weighted by Crippen LogP contribution is 2.45. The lowest BCUT2D eigenvalue weighted by Gasteiger charge is -2.37. The second-order valence-corrected chi connectivity index (χ2v) is 14.3. The van der Waals surface area contributed by atoms with Crippen molar-refractivity contribution in [2.24, 2.45) is 29.6 Å². The number of aliphatic hydroxyl groups is 4. The van der Waals surface area contributed by atoms with Crippen LogP contribution in [0.25, 0.3) is 0 Å². The molecule has 1 aromatic rings. The fraction of sp³-hybridized carbons (Fsp3) is 0.500. The van der Waals surface area contributed by atoms with Gasteiger partial charge in [0.15, 0.2) is 5.78 Å². The lowest BCUT2D eigenvalue weighted by Crippen LogP contribution is -2.50. The number of fused-ring (bicyclic) bond motifs is 15. The molecule has 3 aliphatic rings. The summed E-state index contributed by atoms with van der Waals surface area (Å²) in [6.07, 6.45) is 1.41. The molecule has 0 saturated heterocycles. The van der Waals surface area contributed by atoms with Gasteiger partial charge in [0, 0.05) is 34.8 Å². The highest BCUT2D eigenvalue weighted by Gasteiger charge is 2.45. The molecule has 6 N–H and O–H groups in total. The van der Waals surface area contributed by atoms with Gasteiger partial charge in [-0.25, -0.2) is 0 Å². The monoisotopic (exact) mass is 743 g/mol. The molecule has 1 aromatic carbocycles. The maximum atomic E-state index is 14.2. The number of esters is 1. The molecule has 14 heteroatoms. The molecular weight excluding hydrogens is 694 g/mol. The first-order chi connectivity index (χ1) is 24.3. The number of thioether (sulfide) groups is 1. The number of rotatable bonds is 3. The van der Waals surface area contributed by atoms with Crippen molar-refractivity contribution in [3.05, 3.63) is 68.3 Å². The Kier molecular flexibility index (Phi) is 14.0. The van der Waals surface area contributed by atoms with Gasteiger partial charge in [0.1, 0.15) is 23.1 Å². The number of phenols is 1. The number of hydrogen-bond donors (Lipinski definition) is 6. The summed E-state index contributed by atoms with van der Waals surface area (Å²) in [5.41, 5.74) is -1.48. The van der Waals surface area contributed by atoms with Crippen molar-refractivity contribution in [3.63, 3.8) is 0 Å². The van der Waals surface area contributed by atoms with Gasteiger partial charge in [-0.05, 0) is 32.6 Å². The Morgan fingerprint density at radius 3 is 1.85 bits per heavy atom. The molecular formula is C38H49NO12S. The van der Waals surface area contributed by atoms with Gasteiger partial charge in [-0.2, -0.15) is 0 Å². The number of aromatic hydroxyl groups is 1. The maximum Gasteiger partial charge on any atom is 0.313 e. The average molecular weight is 744 g/mol. The van der Waals surface area contributed by atoms with Crippen molar-refractivity contribution in [2.75, 3.05) is 20.5 Å². The van der Waals surface area contributed by atoms with E-state index in [0.717, 1.165) is 18.9 Å². The van der Waals surface area contributed by atoms with E-state index in [1.807, 2.05) is 0 Å². The number of nitrogens with one attached hydrogen (secondary N) is 1. The molecule has 0 saturated carbocycles.